The van der Waals surface area contributed by atoms with E-state index in [0.29, 0.717) is 24.0 Å². The second-order valence-corrected chi connectivity index (χ2v) is 6.41. The van der Waals surface area contributed by atoms with Gasteiger partial charge in [0.15, 0.2) is 5.82 Å². The van der Waals surface area contributed by atoms with Gasteiger partial charge in [-0.2, -0.15) is 10.1 Å². The maximum absolute atomic E-state index is 12.7. The number of carbonyl (C=O) groups excluding carboxylic acids is 1. The largest absolute Gasteiger partial charge is 0.337 e. The van der Waals surface area contributed by atoms with Crippen molar-refractivity contribution in [1.82, 2.24) is 34.8 Å². The Morgan fingerprint density at radius 1 is 1.37 bits per heavy atom. The summed E-state index contributed by atoms with van der Waals surface area (Å²) in [5.74, 6) is 0.702. The summed E-state index contributed by atoms with van der Waals surface area (Å²) in [6, 6.07) is 9.29. The van der Waals surface area contributed by atoms with Crippen molar-refractivity contribution >= 4 is 16.9 Å². The number of nitrogens with one attached hydrogen (secondary N) is 1. The number of para-hydroxylation sites is 2. The molecule has 0 spiro atoms. The van der Waals surface area contributed by atoms with Crippen molar-refractivity contribution in [1.29, 1.82) is 0 Å². The molecule has 1 aromatic carbocycles. The first-order chi connectivity index (χ1) is 13.0. The maximum atomic E-state index is 12.7. The Morgan fingerprint density at radius 3 is 2.96 bits per heavy atom. The van der Waals surface area contributed by atoms with Crippen molar-refractivity contribution in [3.05, 3.63) is 59.8 Å². The van der Waals surface area contributed by atoms with Crippen LogP contribution in [0.1, 0.15) is 40.9 Å². The molecule has 0 aliphatic rings. The zero-order valence-electron chi connectivity index (χ0n) is 15.2. The number of hydrogen-bond donors (Lipinski definition) is 1. The monoisotopic (exact) mass is 365 g/mol. The van der Waals surface area contributed by atoms with Crippen LogP contribution in [0.3, 0.4) is 0 Å². The zero-order chi connectivity index (χ0) is 19.0. The molecule has 0 fully saturated rings. The number of amides is 1. The number of rotatable bonds is 5. The first kappa shape index (κ1) is 17.0. The number of aryl methyl sites for hydroxylation is 1. The number of nitrogens with zero attached hydrogens (tertiary/aromatic N) is 6. The average molecular weight is 365 g/mol. The topological polar surface area (TPSA) is 106 Å². The Kier molecular flexibility index (Phi) is 4.19. The van der Waals surface area contributed by atoms with E-state index in [2.05, 4.69) is 25.3 Å². The van der Waals surface area contributed by atoms with Gasteiger partial charge in [-0.25, -0.2) is 4.98 Å². The standard InChI is InChI=1S/C18H19N7O2/c1-11(17-20-12(2)23-27-17)24(3)18(26)15-8-13(21-22-15)9-25-10-19-14-6-4-5-7-16(14)25/h4-8,10-11H,9H2,1-3H3,(H,21,22)/t11-/m1/s1. The number of aromatic amines is 1. The Labute approximate surface area is 155 Å². The van der Waals surface area contributed by atoms with E-state index in [4.69, 9.17) is 4.52 Å². The van der Waals surface area contributed by atoms with Crippen LogP contribution in [-0.4, -0.2) is 47.7 Å². The van der Waals surface area contributed by atoms with Crippen LogP contribution in [0, 0.1) is 6.92 Å². The lowest BCUT2D eigenvalue weighted by Crippen LogP contribution is -2.30. The molecule has 0 saturated carbocycles. The van der Waals surface area contributed by atoms with Gasteiger partial charge in [0.1, 0.15) is 11.7 Å². The summed E-state index contributed by atoms with van der Waals surface area (Å²) >= 11 is 0. The second kappa shape index (κ2) is 6.67. The Bertz CT molecular complexity index is 1090. The molecule has 0 aliphatic heterocycles. The third-order valence-electron chi connectivity index (χ3n) is 4.52. The van der Waals surface area contributed by atoms with Crippen LogP contribution in [0.4, 0.5) is 0 Å². The van der Waals surface area contributed by atoms with Gasteiger partial charge < -0.3 is 14.0 Å². The van der Waals surface area contributed by atoms with Crippen molar-refractivity contribution in [3.8, 4) is 0 Å². The summed E-state index contributed by atoms with van der Waals surface area (Å²) < 4.78 is 7.16. The lowest BCUT2D eigenvalue weighted by Gasteiger charge is -2.20. The summed E-state index contributed by atoms with van der Waals surface area (Å²) in [4.78, 5) is 22.8. The van der Waals surface area contributed by atoms with E-state index in [9.17, 15) is 4.79 Å². The minimum Gasteiger partial charge on any atom is -0.337 e. The predicted molar refractivity (Wildman–Crippen MR) is 97.0 cm³/mol. The van der Waals surface area contributed by atoms with E-state index < -0.39 is 0 Å². The van der Waals surface area contributed by atoms with Gasteiger partial charge in [-0.3, -0.25) is 9.89 Å². The van der Waals surface area contributed by atoms with E-state index in [1.807, 2.05) is 35.8 Å². The first-order valence-electron chi connectivity index (χ1n) is 8.54. The van der Waals surface area contributed by atoms with Gasteiger partial charge in [-0.05, 0) is 32.0 Å². The van der Waals surface area contributed by atoms with Crippen LogP contribution in [-0.2, 0) is 6.54 Å². The molecule has 1 amide bonds. The summed E-state index contributed by atoms with van der Waals surface area (Å²) in [5.41, 5.74) is 3.10. The van der Waals surface area contributed by atoms with Crippen molar-refractivity contribution in [2.45, 2.75) is 26.4 Å². The number of fused-ring (bicyclic) bond motifs is 1. The van der Waals surface area contributed by atoms with E-state index in [0.717, 1.165) is 16.7 Å². The van der Waals surface area contributed by atoms with Gasteiger partial charge >= 0.3 is 0 Å². The van der Waals surface area contributed by atoms with Gasteiger partial charge in [-0.1, -0.05) is 17.3 Å². The molecule has 0 saturated heterocycles. The predicted octanol–water partition coefficient (Wildman–Crippen LogP) is 2.33. The highest BCUT2D eigenvalue weighted by molar-refractivity contribution is 5.92. The van der Waals surface area contributed by atoms with E-state index in [1.54, 1.807) is 26.4 Å². The number of H-pyrrole nitrogens is 1. The fourth-order valence-electron chi connectivity index (χ4n) is 2.88. The van der Waals surface area contributed by atoms with Crippen molar-refractivity contribution < 1.29 is 9.32 Å². The van der Waals surface area contributed by atoms with Crippen LogP contribution in [0.15, 0.2) is 41.2 Å². The molecule has 9 nitrogen and oxygen atoms in total. The third-order valence-corrected chi connectivity index (χ3v) is 4.52. The molecule has 4 rings (SSSR count). The molecule has 138 valence electrons. The molecule has 0 radical (unpaired) electrons. The van der Waals surface area contributed by atoms with E-state index in [-0.39, 0.29) is 11.9 Å². The summed E-state index contributed by atoms with van der Waals surface area (Å²) in [7, 11) is 1.68. The highest BCUT2D eigenvalue weighted by Crippen LogP contribution is 2.19. The molecular formula is C18H19N7O2. The van der Waals surface area contributed by atoms with Crippen molar-refractivity contribution in [2.75, 3.05) is 7.05 Å². The molecule has 1 atom stereocenters. The molecule has 1 N–H and O–H groups in total. The van der Waals surface area contributed by atoms with Gasteiger partial charge in [0.2, 0.25) is 5.89 Å². The van der Waals surface area contributed by atoms with Crippen LogP contribution >= 0.6 is 0 Å². The zero-order valence-corrected chi connectivity index (χ0v) is 15.2. The number of hydrogen-bond acceptors (Lipinski definition) is 6. The highest BCUT2D eigenvalue weighted by atomic mass is 16.5. The Balaban J connectivity index is 1.50. The lowest BCUT2D eigenvalue weighted by molar-refractivity contribution is 0.0710. The van der Waals surface area contributed by atoms with Gasteiger partial charge in [0.25, 0.3) is 5.91 Å². The molecule has 9 heteroatoms. The SMILES string of the molecule is Cc1noc([C@@H](C)N(C)C(=O)c2cc(Cn3cnc4ccccc43)[nH]n2)n1. The average Bonchev–Trinajstić information content (AvgIpc) is 3.41. The van der Waals surface area contributed by atoms with Crippen LogP contribution < -0.4 is 0 Å². The molecule has 3 aromatic heterocycles. The minimum absolute atomic E-state index is 0.226. The molecule has 4 aromatic rings. The fraction of sp³-hybridized carbons (Fsp3) is 0.278. The quantitative estimate of drug-likeness (QED) is 0.582. The summed E-state index contributed by atoms with van der Waals surface area (Å²) in [6.07, 6.45) is 1.78. The summed E-state index contributed by atoms with van der Waals surface area (Å²) in [5, 5.41) is 10.9. The lowest BCUT2D eigenvalue weighted by atomic mass is 10.2. The molecular weight excluding hydrogens is 346 g/mol. The Morgan fingerprint density at radius 2 is 2.19 bits per heavy atom. The van der Waals surface area contributed by atoms with E-state index in [1.165, 1.54) is 4.90 Å². The number of benzene rings is 1. The van der Waals surface area contributed by atoms with Gasteiger partial charge in [0.05, 0.1) is 29.6 Å². The Hall–Kier alpha value is -3.49. The molecule has 0 bridgehead atoms. The molecule has 3 heterocycles. The highest BCUT2D eigenvalue weighted by Gasteiger charge is 2.25. The van der Waals surface area contributed by atoms with Crippen LogP contribution in [0.5, 0.6) is 0 Å². The fourth-order valence-corrected chi connectivity index (χ4v) is 2.88. The number of carbonyl (C=O) groups is 1. The van der Waals surface area contributed by atoms with Crippen LogP contribution in [0.2, 0.25) is 0 Å². The van der Waals surface area contributed by atoms with Crippen molar-refractivity contribution in [2.24, 2.45) is 0 Å². The minimum atomic E-state index is -0.351. The normalized spacial score (nSPS) is 12.4. The van der Waals surface area contributed by atoms with Gasteiger partial charge in [0, 0.05) is 7.05 Å². The number of imidazole rings is 1. The van der Waals surface area contributed by atoms with Crippen molar-refractivity contribution in [3.63, 3.8) is 0 Å². The van der Waals surface area contributed by atoms with E-state index >= 15 is 0 Å². The number of aromatic nitrogens is 6. The summed E-state index contributed by atoms with van der Waals surface area (Å²) in [6.45, 7) is 4.11. The molecule has 0 aliphatic carbocycles. The second-order valence-electron chi connectivity index (χ2n) is 6.41. The molecule has 27 heavy (non-hydrogen) atoms. The molecule has 0 unspecified atom stereocenters. The van der Waals surface area contributed by atoms with Crippen LogP contribution in [0.25, 0.3) is 11.0 Å². The smallest absolute Gasteiger partial charge is 0.274 e. The van der Waals surface area contributed by atoms with Gasteiger partial charge in [-0.15, -0.1) is 0 Å². The maximum Gasteiger partial charge on any atom is 0.274 e. The first-order valence-corrected chi connectivity index (χ1v) is 8.54. The third kappa shape index (κ3) is 3.19.